The molecule has 0 aliphatic rings. The van der Waals surface area contributed by atoms with E-state index in [1.54, 1.807) is 13.0 Å². The van der Waals surface area contributed by atoms with Crippen LogP contribution in [0.25, 0.3) is 0 Å². The molecule has 0 saturated heterocycles. The number of rotatable bonds is 10. The van der Waals surface area contributed by atoms with Crippen molar-refractivity contribution in [3.8, 4) is 0 Å². The molecule has 0 heterocycles. The Balaban J connectivity index is 2.39. The Morgan fingerprint density at radius 3 is 2.21 bits per heavy atom. The number of carbonyl (C=O) groups excluding carboxylic acids is 2. The van der Waals surface area contributed by atoms with Gasteiger partial charge in [0.15, 0.2) is 0 Å². The van der Waals surface area contributed by atoms with E-state index >= 15 is 0 Å². The number of amides is 2. The maximum absolute atomic E-state index is 13.5. The number of anilines is 1. The van der Waals surface area contributed by atoms with Crippen LogP contribution in [0.2, 0.25) is 0 Å². The van der Waals surface area contributed by atoms with Gasteiger partial charge in [0.25, 0.3) is 0 Å². The van der Waals surface area contributed by atoms with Crippen LogP contribution in [0.15, 0.2) is 48.5 Å². The van der Waals surface area contributed by atoms with Crippen LogP contribution in [0.5, 0.6) is 0 Å². The van der Waals surface area contributed by atoms with Crippen LogP contribution >= 0.6 is 0 Å². The molecule has 180 valence electrons. The summed E-state index contributed by atoms with van der Waals surface area (Å²) >= 11 is 0. The van der Waals surface area contributed by atoms with Gasteiger partial charge in [-0.2, -0.15) is 0 Å². The highest BCUT2D eigenvalue weighted by molar-refractivity contribution is 7.92. The zero-order valence-electron chi connectivity index (χ0n) is 20.3. The lowest BCUT2D eigenvalue weighted by Gasteiger charge is -2.32. The van der Waals surface area contributed by atoms with Crippen LogP contribution in [0.3, 0.4) is 0 Å². The molecule has 2 aromatic carbocycles. The quantitative estimate of drug-likeness (QED) is 0.573. The van der Waals surface area contributed by atoms with Gasteiger partial charge in [0.2, 0.25) is 21.8 Å². The van der Waals surface area contributed by atoms with Crippen LogP contribution in [0.1, 0.15) is 43.9 Å². The van der Waals surface area contributed by atoms with Gasteiger partial charge < -0.3 is 10.2 Å². The molecule has 2 amide bonds. The van der Waals surface area contributed by atoms with Gasteiger partial charge in [0.05, 0.1) is 11.9 Å². The zero-order valence-corrected chi connectivity index (χ0v) is 21.1. The van der Waals surface area contributed by atoms with E-state index in [-0.39, 0.29) is 18.5 Å². The summed E-state index contributed by atoms with van der Waals surface area (Å²) in [6.07, 6.45) is 1.85. The second-order valence-electron chi connectivity index (χ2n) is 8.56. The number of sulfonamides is 1. The van der Waals surface area contributed by atoms with E-state index in [1.807, 2.05) is 70.2 Å². The molecule has 0 unspecified atom stereocenters. The Hall–Kier alpha value is -2.87. The molecule has 0 spiro atoms. The van der Waals surface area contributed by atoms with Crippen molar-refractivity contribution in [1.82, 2.24) is 10.2 Å². The number of hydrogen-bond donors (Lipinski definition) is 1. The molecule has 2 aromatic rings. The molecule has 0 bridgehead atoms. The standard InChI is InChI=1S/C25H35N3O4S/c1-7-20(4)26-25(30)21(5)27(16-22-11-9-8-10-12-22)24(29)17-28(33(6,31)32)23-14-13-18(2)15-19(23)3/h8-15,20-21H,7,16-17H2,1-6H3,(H,26,30)/t20-,21+/m1/s1. The van der Waals surface area contributed by atoms with Gasteiger partial charge in [-0.3, -0.25) is 13.9 Å². The SMILES string of the molecule is CC[C@@H](C)NC(=O)[C@H](C)N(Cc1ccccc1)C(=O)CN(c1ccc(C)cc1C)S(C)(=O)=O. The lowest BCUT2D eigenvalue weighted by Crippen LogP contribution is -2.52. The van der Waals surface area contributed by atoms with E-state index in [9.17, 15) is 18.0 Å². The normalized spacial score (nSPS) is 13.2. The minimum absolute atomic E-state index is 0.0312. The summed E-state index contributed by atoms with van der Waals surface area (Å²) in [6.45, 7) is 9.08. The molecule has 2 atom stereocenters. The third kappa shape index (κ3) is 7.32. The summed E-state index contributed by atoms with van der Waals surface area (Å²) in [6, 6.07) is 13.9. The highest BCUT2D eigenvalue weighted by Crippen LogP contribution is 2.24. The Morgan fingerprint density at radius 1 is 1.03 bits per heavy atom. The van der Waals surface area contributed by atoms with Crippen molar-refractivity contribution in [2.45, 2.75) is 59.7 Å². The molecule has 0 saturated carbocycles. The van der Waals surface area contributed by atoms with Crippen LogP contribution in [-0.2, 0) is 26.2 Å². The molecule has 8 heteroatoms. The van der Waals surface area contributed by atoms with Crippen molar-refractivity contribution in [1.29, 1.82) is 0 Å². The predicted molar refractivity (Wildman–Crippen MR) is 132 cm³/mol. The van der Waals surface area contributed by atoms with E-state index in [1.165, 1.54) is 4.90 Å². The second kappa shape index (κ2) is 11.3. The van der Waals surface area contributed by atoms with Gasteiger partial charge in [0, 0.05) is 12.6 Å². The Kier molecular flexibility index (Phi) is 9.05. The fraction of sp³-hybridized carbons (Fsp3) is 0.440. The van der Waals surface area contributed by atoms with Crippen molar-refractivity contribution < 1.29 is 18.0 Å². The van der Waals surface area contributed by atoms with Crippen LogP contribution < -0.4 is 9.62 Å². The summed E-state index contributed by atoms with van der Waals surface area (Å²) in [4.78, 5) is 27.8. The topological polar surface area (TPSA) is 86.8 Å². The number of nitrogens with one attached hydrogen (secondary N) is 1. The van der Waals surface area contributed by atoms with Gasteiger partial charge in [-0.15, -0.1) is 0 Å². The summed E-state index contributed by atoms with van der Waals surface area (Å²) in [5, 5.41) is 2.92. The van der Waals surface area contributed by atoms with Crippen LogP contribution in [0, 0.1) is 13.8 Å². The number of carbonyl (C=O) groups is 2. The number of hydrogen-bond acceptors (Lipinski definition) is 4. The van der Waals surface area contributed by atoms with Gasteiger partial charge >= 0.3 is 0 Å². The van der Waals surface area contributed by atoms with Crippen molar-refractivity contribution in [2.24, 2.45) is 0 Å². The third-order valence-corrected chi connectivity index (χ3v) is 6.79. The summed E-state index contributed by atoms with van der Waals surface area (Å²) in [7, 11) is -3.74. The highest BCUT2D eigenvalue weighted by atomic mass is 32.2. The second-order valence-corrected chi connectivity index (χ2v) is 10.5. The number of aryl methyl sites for hydroxylation is 2. The molecular weight excluding hydrogens is 438 g/mol. The molecule has 1 N–H and O–H groups in total. The number of nitrogens with zero attached hydrogens (tertiary/aromatic N) is 2. The minimum atomic E-state index is -3.74. The highest BCUT2D eigenvalue weighted by Gasteiger charge is 2.30. The van der Waals surface area contributed by atoms with Crippen LogP contribution in [0.4, 0.5) is 5.69 Å². The van der Waals surface area contributed by atoms with E-state index in [0.717, 1.165) is 33.7 Å². The first-order chi connectivity index (χ1) is 15.4. The minimum Gasteiger partial charge on any atom is -0.352 e. The predicted octanol–water partition coefficient (Wildman–Crippen LogP) is 3.40. The molecule has 0 aromatic heterocycles. The first-order valence-electron chi connectivity index (χ1n) is 11.1. The molecule has 0 radical (unpaired) electrons. The first-order valence-corrected chi connectivity index (χ1v) is 13.0. The Labute approximate surface area is 197 Å². The van der Waals surface area contributed by atoms with Gasteiger partial charge in [-0.25, -0.2) is 8.42 Å². The monoisotopic (exact) mass is 473 g/mol. The summed E-state index contributed by atoms with van der Waals surface area (Å²) in [5.74, 6) is -0.720. The van der Waals surface area contributed by atoms with E-state index in [4.69, 9.17) is 0 Å². The molecule has 0 aliphatic carbocycles. The van der Waals surface area contributed by atoms with Gasteiger partial charge in [-0.1, -0.05) is 55.0 Å². The third-order valence-electron chi connectivity index (χ3n) is 5.66. The molecule has 0 fully saturated rings. The van der Waals surface area contributed by atoms with Crippen molar-refractivity contribution in [3.05, 3.63) is 65.2 Å². The van der Waals surface area contributed by atoms with Gasteiger partial charge in [-0.05, 0) is 51.3 Å². The number of benzene rings is 2. The summed E-state index contributed by atoms with van der Waals surface area (Å²) < 4.78 is 26.4. The molecular formula is C25H35N3O4S. The zero-order chi connectivity index (χ0) is 24.8. The van der Waals surface area contributed by atoms with Gasteiger partial charge in [0.1, 0.15) is 12.6 Å². The van der Waals surface area contributed by atoms with Crippen molar-refractivity contribution in [2.75, 3.05) is 17.1 Å². The molecule has 7 nitrogen and oxygen atoms in total. The maximum atomic E-state index is 13.5. The van der Waals surface area contributed by atoms with E-state index < -0.39 is 28.5 Å². The van der Waals surface area contributed by atoms with Crippen molar-refractivity contribution >= 4 is 27.5 Å². The lowest BCUT2D eigenvalue weighted by atomic mass is 10.1. The first kappa shape index (κ1) is 26.4. The molecule has 2 rings (SSSR count). The fourth-order valence-corrected chi connectivity index (χ4v) is 4.42. The Bertz CT molecular complexity index is 1070. The van der Waals surface area contributed by atoms with E-state index in [2.05, 4.69) is 5.32 Å². The van der Waals surface area contributed by atoms with Crippen LogP contribution in [-0.4, -0.2) is 50.0 Å². The largest absolute Gasteiger partial charge is 0.352 e. The average Bonchev–Trinajstić information content (AvgIpc) is 2.75. The molecule has 0 aliphatic heterocycles. The maximum Gasteiger partial charge on any atom is 0.244 e. The Morgan fingerprint density at radius 2 is 1.67 bits per heavy atom. The molecule has 33 heavy (non-hydrogen) atoms. The average molecular weight is 474 g/mol. The smallest absolute Gasteiger partial charge is 0.244 e. The van der Waals surface area contributed by atoms with E-state index in [0.29, 0.717) is 5.69 Å². The lowest BCUT2D eigenvalue weighted by molar-refractivity contribution is -0.139. The fourth-order valence-electron chi connectivity index (χ4n) is 3.51. The van der Waals surface area contributed by atoms with Crippen molar-refractivity contribution in [3.63, 3.8) is 0 Å². The summed E-state index contributed by atoms with van der Waals surface area (Å²) in [5.41, 5.74) is 3.06.